The van der Waals surface area contributed by atoms with Gasteiger partial charge in [0.2, 0.25) is 0 Å². The van der Waals surface area contributed by atoms with Gasteiger partial charge in [0.15, 0.2) is 0 Å². The average molecular weight is 292 g/mol. The second kappa shape index (κ2) is 7.70. The Bertz CT molecular complexity index is 571. The lowest BCUT2D eigenvalue weighted by Crippen LogP contribution is -2.20. The van der Waals surface area contributed by atoms with Gasteiger partial charge in [0.1, 0.15) is 23.7 Å². The van der Waals surface area contributed by atoms with Crippen LogP contribution in [-0.2, 0) is 17.9 Å². The van der Waals surface area contributed by atoms with E-state index in [1.807, 2.05) is 26.0 Å². The van der Waals surface area contributed by atoms with Crippen molar-refractivity contribution in [3.8, 4) is 5.75 Å². The summed E-state index contributed by atoms with van der Waals surface area (Å²) in [5, 5.41) is 10.8. The highest BCUT2D eigenvalue weighted by molar-refractivity contribution is 5.29. The first-order chi connectivity index (χ1) is 10.2. The maximum Gasteiger partial charge on any atom is 0.145 e. The fourth-order valence-electron chi connectivity index (χ4n) is 1.76. The molecule has 2 aromatic rings. The van der Waals surface area contributed by atoms with Crippen molar-refractivity contribution >= 4 is 0 Å². The third-order valence-corrected chi connectivity index (χ3v) is 2.96. The maximum atomic E-state index is 5.78. The van der Waals surface area contributed by atoms with E-state index < -0.39 is 0 Å². The highest BCUT2D eigenvalue weighted by Crippen LogP contribution is 2.18. The van der Waals surface area contributed by atoms with E-state index >= 15 is 0 Å². The predicted octanol–water partition coefficient (Wildman–Crippen LogP) is 1.40. The Kier molecular flexibility index (Phi) is 5.65. The molecule has 0 saturated heterocycles. The van der Waals surface area contributed by atoms with Crippen molar-refractivity contribution in [2.45, 2.75) is 27.0 Å². The molecule has 0 saturated carbocycles. The molecule has 0 aliphatic carbocycles. The van der Waals surface area contributed by atoms with Gasteiger partial charge in [-0.25, -0.2) is 4.63 Å². The molecule has 2 heterocycles. The number of nitrogens with zero attached hydrogens (tertiary/aromatic N) is 3. The van der Waals surface area contributed by atoms with Crippen molar-refractivity contribution in [3.05, 3.63) is 34.9 Å². The van der Waals surface area contributed by atoms with Gasteiger partial charge in [0.05, 0.1) is 12.3 Å². The molecule has 0 aliphatic heterocycles. The van der Waals surface area contributed by atoms with Gasteiger partial charge in [-0.05, 0) is 26.0 Å². The largest absolute Gasteiger partial charge is 0.485 e. The molecule has 0 radical (unpaired) electrons. The van der Waals surface area contributed by atoms with Crippen molar-refractivity contribution in [2.75, 3.05) is 20.3 Å². The second-order valence-corrected chi connectivity index (χ2v) is 4.65. The quantitative estimate of drug-likeness (QED) is 0.736. The monoisotopic (exact) mass is 292 g/mol. The van der Waals surface area contributed by atoms with Gasteiger partial charge in [0.25, 0.3) is 0 Å². The van der Waals surface area contributed by atoms with Crippen molar-refractivity contribution in [2.24, 2.45) is 0 Å². The molecule has 0 aliphatic rings. The van der Waals surface area contributed by atoms with Crippen LogP contribution < -0.4 is 10.1 Å². The highest BCUT2D eigenvalue weighted by Gasteiger charge is 2.10. The number of hydrogen-bond acceptors (Lipinski definition) is 7. The fraction of sp³-hybridized carbons (Fsp3) is 0.500. The van der Waals surface area contributed by atoms with Crippen LogP contribution >= 0.6 is 0 Å². The Morgan fingerprint density at radius 2 is 2.05 bits per heavy atom. The minimum Gasteiger partial charge on any atom is -0.485 e. The summed E-state index contributed by atoms with van der Waals surface area (Å²) in [6.07, 6.45) is 0. The van der Waals surface area contributed by atoms with E-state index in [0.29, 0.717) is 25.5 Å². The Labute approximate surface area is 123 Å². The summed E-state index contributed by atoms with van der Waals surface area (Å²) >= 11 is 0. The maximum absolute atomic E-state index is 5.78. The minimum absolute atomic E-state index is 0.311. The molecule has 0 spiro atoms. The number of hydrogen-bond donors (Lipinski definition) is 1. The van der Waals surface area contributed by atoms with Gasteiger partial charge in [-0.15, -0.1) is 0 Å². The van der Waals surface area contributed by atoms with Crippen LogP contribution in [0.5, 0.6) is 5.75 Å². The van der Waals surface area contributed by atoms with E-state index in [0.717, 1.165) is 29.4 Å². The summed E-state index contributed by atoms with van der Waals surface area (Å²) in [4.78, 5) is 4.51. The molecule has 0 amide bonds. The Morgan fingerprint density at radius 1 is 1.19 bits per heavy atom. The van der Waals surface area contributed by atoms with Crippen LogP contribution in [-0.4, -0.2) is 35.6 Å². The Hall–Kier alpha value is -1.99. The first-order valence-corrected chi connectivity index (χ1v) is 6.77. The smallest absolute Gasteiger partial charge is 0.145 e. The van der Waals surface area contributed by atoms with E-state index in [1.54, 1.807) is 7.11 Å². The zero-order chi connectivity index (χ0) is 15.1. The topological polar surface area (TPSA) is 82.3 Å². The van der Waals surface area contributed by atoms with E-state index in [2.05, 4.69) is 25.2 Å². The number of nitrogens with one attached hydrogen (secondary N) is 1. The van der Waals surface area contributed by atoms with Crippen molar-refractivity contribution in [1.82, 2.24) is 20.6 Å². The van der Waals surface area contributed by atoms with Gasteiger partial charge in [-0.3, -0.25) is 4.98 Å². The minimum atomic E-state index is 0.311. The summed E-state index contributed by atoms with van der Waals surface area (Å²) in [7, 11) is 1.68. The Balaban J connectivity index is 1.99. The molecule has 1 N–H and O–H groups in total. The van der Waals surface area contributed by atoms with Gasteiger partial charge >= 0.3 is 0 Å². The van der Waals surface area contributed by atoms with Crippen molar-refractivity contribution in [1.29, 1.82) is 0 Å². The van der Waals surface area contributed by atoms with Crippen LogP contribution in [0.25, 0.3) is 0 Å². The zero-order valence-electron chi connectivity index (χ0n) is 12.5. The molecule has 7 nitrogen and oxygen atoms in total. The number of methoxy groups -OCH3 is 1. The third-order valence-electron chi connectivity index (χ3n) is 2.96. The van der Waals surface area contributed by atoms with Crippen LogP contribution in [0.1, 0.15) is 22.8 Å². The molecular weight excluding hydrogens is 272 g/mol. The van der Waals surface area contributed by atoms with E-state index in [1.165, 1.54) is 0 Å². The third kappa shape index (κ3) is 4.51. The van der Waals surface area contributed by atoms with E-state index in [-0.39, 0.29) is 0 Å². The van der Waals surface area contributed by atoms with E-state index in [4.69, 9.17) is 9.47 Å². The van der Waals surface area contributed by atoms with Crippen LogP contribution in [0.3, 0.4) is 0 Å². The lowest BCUT2D eigenvalue weighted by Gasteiger charge is -2.11. The summed E-state index contributed by atoms with van der Waals surface area (Å²) in [5.41, 5.74) is 3.23. The van der Waals surface area contributed by atoms with Crippen LogP contribution in [0.4, 0.5) is 0 Å². The molecule has 21 heavy (non-hydrogen) atoms. The summed E-state index contributed by atoms with van der Waals surface area (Å²) in [6, 6.07) is 3.83. The number of rotatable bonds is 8. The molecule has 0 aromatic carbocycles. The molecule has 114 valence electrons. The zero-order valence-corrected chi connectivity index (χ0v) is 12.5. The van der Waals surface area contributed by atoms with Gasteiger partial charge in [0, 0.05) is 25.9 Å². The summed E-state index contributed by atoms with van der Waals surface area (Å²) in [6.45, 7) is 6.13. The molecule has 2 rings (SSSR count). The van der Waals surface area contributed by atoms with Crippen LogP contribution in [0, 0.1) is 13.8 Å². The summed E-state index contributed by atoms with van der Waals surface area (Å²) in [5.74, 6) is 0.730. The molecule has 2 aromatic heterocycles. The first kappa shape index (κ1) is 15.4. The number of aromatic nitrogens is 3. The predicted molar refractivity (Wildman–Crippen MR) is 75.9 cm³/mol. The van der Waals surface area contributed by atoms with Crippen molar-refractivity contribution in [3.63, 3.8) is 0 Å². The highest BCUT2D eigenvalue weighted by atomic mass is 16.6. The fourth-order valence-corrected chi connectivity index (χ4v) is 1.76. The standard InChI is InChI=1S/C14H20N4O3/c1-10-4-5-14(12(16-10)8-15-6-7-19-3)20-9-13-11(2)17-21-18-13/h4-5,15H,6-9H2,1-3H3. The van der Waals surface area contributed by atoms with Crippen LogP contribution in [0.2, 0.25) is 0 Å². The molecule has 0 fully saturated rings. The first-order valence-electron chi connectivity index (χ1n) is 6.77. The van der Waals surface area contributed by atoms with Crippen LogP contribution in [0.15, 0.2) is 16.8 Å². The van der Waals surface area contributed by atoms with Gasteiger partial charge in [-0.2, -0.15) is 0 Å². The lowest BCUT2D eigenvalue weighted by molar-refractivity contribution is 0.198. The lowest BCUT2D eigenvalue weighted by atomic mass is 10.2. The molecule has 0 bridgehead atoms. The van der Waals surface area contributed by atoms with Crippen molar-refractivity contribution < 1.29 is 14.1 Å². The number of aryl methyl sites for hydroxylation is 2. The van der Waals surface area contributed by atoms with E-state index in [9.17, 15) is 0 Å². The normalized spacial score (nSPS) is 10.8. The molecule has 0 unspecified atom stereocenters. The second-order valence-electron chi connectivity index (χ2n) is 4.65. The molecule has 7 heteroatoms. The molecular formula is C14H20N4O3. The molecule has 0 atom stereocenters. The SMILES string of the molecule is COCCNCc1nc(C)ccc1OCc1nonc1C. The Morgan fingerprint density at radius 3 is 2.76 bits per heavy atom. The summed E-state index contributed by atoms with van der Waals surface area (Å²) < 4.78 is 15.4. The van der Waals surface area contributed by atoms with Gasteiger partial charge in [-0.1, -0.05) is 10.3 Å². The number of ether oxygens (including phenoxy) is 2. The number of pyridine rings is 1. The van der Waals surface area contributed by atoms with Gasteiger partial charge < -0.3 is 14.8 Å². The average Bonchev–Trinajstić information content (AvgIpc) is 2.88.